The molecule has 2 aliphatic rings. The van der Waals surface area contributed by atoms with E-state index < -0.39 is 0 Å². The van der Waals surface area contributed by atoms with Gasteiger partial charge in [0.1, 0.15) is 0 Å². The summed E-state index contributed by atoms with van der Waals surface area (Å²) in [6.07, 6.45) is 3.82. The molecule has 94 valence electrons. The Morgan fingerprint density at radius 1 is 1.47 bits per heavy atom. The van der Waals surface area contributed by atoms with Crippen LogP contribution in [0.4, 0.5) is 10.8 Å². The van der Waals surface area contributed by atoms with Crippen LogP contribution in [0.3, 0.4) is 0 Å². The number of nitrogen functional groups attached to an aromatic ring is 1. The summed E-state index contributed by atoms with van der Waals surface area (Å²) >= 11 is 1.39. The summed E-state index contributed by atoms with van der Waals surface area (Å²) in [5, 5.41) is 4.54. The summed E-state index contributed by atoms with van der Waals surface area (Å²) in [6.45, 7) is 2.46. The highest BCUT2D eigenvalue weighted by Gasteiger charge is 2.37. The molecule has 5 nitrogen and oxygen atoms in total. The standard InChI is InChI=1S/C11H18N4OS/c1-16-9-10(12)14-17-11(9)13-7-4-6-15-5-2-3-8(7)15/h7-8,13H,2-6H2,1H3,(H2,12,14). The lowest BCUT2D eigenvalue weighted by Gasteiger charge is -2.21. The molecule has 1 aromatic heterocycles. The molecule has 2 atom stereocenters. The minimum Gasteiger partial charge on any atom is -0.490 e. The number of nitrogens with zero attached hydrogens (tertiary/aromatic N) is 2. The summed E-state index contributed by atoms with van der Waals surface area (Å²) in [6, 6.07) is 1.20. The van der Waals surface area contributed by atoms with E-state index in [9.17, 15) is 0 Å². The Labute approximate surface area is 105 Å². The molecule has 2 saturated heterocycles. The molecule has 3 heterocycles. The Hall–Kier alpha value is -1.01. The van der Waals surface area contributed by atoms with Crippen molar-refractivity contribution in [2.45, 2.75) is 31.3 Å². The number of hydrogen-bond acceptors (Lipinski definition) is 6. The van der Waals surface area contributed by atoms with Gasteiger partial charge in [0, 0.05) is 18.6 Å². The Morgan fingerprint density at radius 2 is 2.35 bits per heavy atom. The second-order valence-electron chi connectivity index (χ2n) is 4.72. The molecular formula is C11H18N4OS. The van der Waals surface area contributed by atoms with Gasteiger partial charge in [0.25, 0.3) is 0 Å². The zero-order valence-electron chi connectivity index (χ0n) is 9.98. The maximum absolute atomic E-state index is 5.76. The van der Waals surface area contributed by atoms with Gasteiger partial charge in [-0.2, -0.15) is 4.37 Å². The van der Waals surface area contributed by atoms with Gasteiger partial charge < -0.3 is 15.8 Å². The van der Waals surface area contributed by atoms with Crippen molar-refractivity contribution in [3.8, 4) is 5.75 Å². The highest BCUT2D eigenvalue weighted by Crippen LogP contribution is 2.38. The van der Waals surface area contributed by atoms with Crippen molar-refractivity contribution in [1.29, 1.82) is 0 Å². The summed E-state index contributed by atoms with van der Waals surface area (Å²) in [7, 11) is 1.64. The first-order valence-corrected chi connectivity index (χ1v) is 6.86. The quantitative estimate of drug-likeness (QED) is 0.853. The highest BCUT2D eigenvalue weighted by atomic mass is 32.1. The van der Waals surface area contributed by atoms with Crippen LogP contribution >= 0.6 is 11.5 Å². The van der Waals surface area contributed by atoms with Gasteiger partial charge in [-0.15, -0.1) is 0 Å². The van der Waals surface area contributed by atoms with Crippen LogP contribution in [0, 0.1) is 0 Å². The van der Waals surface area contributed by atoms with Crippen LogP contribution < -0.4 is 15.8 Å². The summed E-state index contributed by atoms with van der Waals surface area (Å²) in [5.41, 5.74) is 5.76. The summed E-state index contributed by atoms with van der Waals surface area (Å²) in [5.74, 6) is 1.19. The fourth-order valence-corrected chi connectivity index (χ4v) is 3.75. The van der Waals surface area contributed by atoms with Crippen LogP contribution in [0.25, 0.3) is 0 Å². The Morgan fingerprint density at radius 3 is 3.18 bits per heavy atom. The molecule has 2 unspecified atom stereocenters. The molecule has 0 aromatic carbocycles. The third kappa shape index (κ3) is 1.85. The lowest BCUT2D eigenvalue weighted by Crippen LogP contribution is -2.33. The molecule has 3 rings (SSSR count). The molecule has 0 aliphatic carbocycles. The number of nitrogens with one attached hydrogen (secondary N) is 1. The van der Waals surface area contributed by atoms with E-state index in [-0.39, 0.29) is 0 Å². The van der Waals surface area contributed by atoms with E-state index in [1.165, 1.54) is 43.9 Å². The van der Waals surface area contributed by atoms with E-state index >= 15 is 0 Å². The van der Waals surface area contributed by atoms with Gasteiger partial charge in [0.15, 0.2) is 16.6 Å². The smallest absolute Gasteiger partial charge is 0.197 e. The third-order valence-electron chi connectivity index (χ3n) is 3.80. The van der Waals surface area contributed by atoms with Gasteiger partial charge in [-0.1, -0.05) is 0 Å². The van der Waals surface area contributed by atoms with Gasteiger partial charge in [-0.05, 0) is 37.3 Å². The molecule has 3 N–H and O–H groups in total. The van der Waals surface area contributed by atoms with Crippen LogP contribution in [0.1, 0.15) is 19.3 Å². The molecule has 6 heteroatoms. The van der Waals surface area contributed by atoms with E-state index in [0.717, 1.165) is 5.00 Å². The molecule has 0 radical (unpaired) electrons. The zero-order valence-corrected chi connectivity index (χ0v) is 10.8. The molecule has 0 bridgehead atoms. The minimum absolute atomic E-state index is 0.487. The minimum atomic E-state index is 0.487. The maximum atomic E-state index is 5.76. The van der Waals surface area contributed by atoms with Crippen molar-refractivity contribution in [2.24, 2.45) is 0 Å². The lowest BCUT2D eigenvalue weighted by molar-refractivity contribution is 0.318. The van der Waals surface area contributed by atoms with Gasteiger partial charge in [0.05, 0.1) is 7.11 Å². The summed E-state index contributed by atoms with van der Waals surface area (Å²) in [4.78, 5) is 2.58. The lowest BCUT2D eigenvalue weighted by atomic mass is 10.1. The SMILES string of the molecule is COc1c(N)nsc1NC1CCN2CCCC12. The van der Waals surface area contributed by atoms with Crippen molar-refractivity contribution >= 4 is 22.4 Å². The van der Waals surface area contributed by atoms with Crippen molar-refractivity contribution in [1.82, 2.24) is 9.27 Å². The Kier molecular flexibility index (Phi) is 2.84. The average molecular weight is 254 g/mol. The van der Waals surface area contributed by atoms with Crippen LogP contribution in [0.15, 0.2) is 0 Å². The predicted octanol–water partition coefficient (Wildman–Crippen LogP) is 1.38. The van der Waals surface area contributed by atoms with Gasteiger partial charge in [0.2, 0.25) is 0 Å². The largest absolute Gasteiger partial charge is 0.490 e. The van der Waals surface area contributed by atoms with Crippen LogP contribution in [-0.2, 0) is 0 Å². The van der Waals surface area contributed by atoms with Crippen molar-refractivity contribution in [2.75, 3.05) is 31.2 Å². The molecule has 0 saturated carbocycles. The second kappa shape index (κ2) is 4.34. The van der Waals surface area contributed by atoms with E-state index in [0.29, 0.717) is 23.7 Å². The first kappa shape index (κ1) is 11.1. The molecule has 17 heavy (non-hydrogen) atoms. The van der Waals surface area contributed by atoms with Crippen LogP contribution in [-0.4, -0.2) is 41.6 Å². The second-order valence-corrected chi connectivity index (χ2v) is 5.49. The first-order chi connectivity index (χ1) is 8.29. The number of aromatic nitrogens is 1. The number of ether oxygens (including phenoxy) is 1. The third-order valence-corrected chi connectivity index (χ3v) is 4.57. The first-order valence-electron chi connectivity index (χ1n) is 6.09. The Bertz CT molecular complexity index is 408. The predicted molar refractivity (Wildman–Crippen MR) is 69.7 cm³/mol. The molecular weight excluding hydrogens is 236 g/mol. The molecule has 1 aromatic rings. The molecule has 2 aliphatic heterocycles. The maximum Gasteiger partial charge on any atom is 0.197 e. The van der Waals surface area contributed by atoms with E-state index in [1.807, 2.05) is 0 Å². The van der Waals surface area contributed by atoms with E-state index in [4.69, 9.17) is 10.5 Å². The van der Waals surface area contributed by atoms with Gasteiger partial charge in [-0.3, -0.25) is 4.90 Å². The van der Waals surface area contributed by atoms with Crippen LogP contribution in [0.5, 0.6) is 5.75 Å². The van der Waals surface area contributed by atoms with E-state index in [1.54, 1.807) is 7.11 Å². The number of hydrogen-bond donors (Lipinski definition) is 2. The number of anilines is 2. The zero-order chi connectivity index (χ0) is 11.8. The number of nitrogens with two attached hydrogens (primary N) is 1. The summed E-state index contributed by atoms with van der Waals surface area (Å²) < 4.78 is 9.42. The number of fused-ring (bicyclic) bond motifs is 1. The number of rotatable bonds is 3. The van der Waals surface area contributed by atoms with Crippen molar-refractivity contribution in [3.05, 3.63) is 0 Å². The monoisotopic (exact) mass is 254 g/mol. The Balaban J connectivity index is 1.74. The van der Waals surface area contributed by atoms with Crippen molar-refractivity contribution < 1.29 is 4.74 Å². The van der Waals surface area contributed by atoms with Crippen molar-refractivity contribution in [3.63, 3.8) is 0 Å². The van der Waals surface area contributed by atoms with E-state index in [2.05, 4.69) is 14.6 Å². The van der Waals surface area contributed by atoms with Gasteiger partial charge in [-0.25, -0.2) is 0 Å². The number of methoxy groups -OCH3 is 1. The average Bonchev–Trinajstić information content (AvgIpc) is 2.97. The normalized spacial score (nSPS) is 28.3. The molecule has 0 spiro atoms. The van der Waals surface area contributed by atoms with Crippen LogP contribution in [0.2, 0.25) is 0 Å². The highest BCUT2D eigenvalue weighted by molar-refractivity contribution is 7.11. The van der Waals surface area contributed by atoms with Gasteiger partial charge >= 0.3 is 0 Å². The topological polar surface area (TPSA) is 63.4 Å². The molecule has 2 fully saturated rings. The fourth-order valence-electron chi connectivity index (χ4n) is 3.00. The molecule has 0 amide bonds. The fraction of sp³-hybridized carbons (Fsp3) is 0.727.